The highest BCUT2D eigenvalue weighted by Crippen LogP contribution is 2.17. The van der Waals surface area contributed by atoms with Crippen molar-refractivity contribution in [1.29, 1.82) is 0 Å². The first-order chi connectivity index (χ1) is 8.04. The molecule has 0 amide bonds. The van der Waals surface area contributed by atoms with E-state index in [2.05, 4.69) is 38.0 Å². The van der Waals surface area contributed by atoms with Gasteiger partial charge in [-0.25, -0.2) is 4.98 Å². The average Bonchev–Trinajstić information content (AvgIpc) is 2.57. The third-order valence-electron chi connectivity index (χ3n) is 2.83. The molecule has 0 spiro atoms. The maximum Gasteiger partial charge on any atom is 0.0900 e. The molecule has 0 aliphatic heterocycles. The minimum absolute atomic E-state index is 0.414. The number of hydrogen-bond acceptors (Lipinski definition) is 4. The fraction of sp³-hybridized carbons (Fsp3) is 0.769. The predicted octanol–water partition coefficient (Wildman–Crippen LogP) is 2.91. The summed E-state index contributed by atoms with van der Waals surface area (Å²) in [6.07, 6.45) is 0. The fourth-order valence-electron chi connectivity index (χ4n) is 1.69. The molecule has 17 heavy (non-hydrogen) atoms. The van der Waals surface area contributed by atoms with E-state index < -0.39 is 0 Å². The molecule has 98 valence electrons. The second kappa shape index (κ2) is 7.09. The molecule has 1 aromatic rings. The Labute approximate surface area is 109 Å². The second-order valence-corrected chi connectivity index (χ2v) is 5.92. The summed E-state index contributed by atoms with van der Waals surface area (Å²) in [6.45, 7) is 13.1. The van der Waals surface area contributed by atoms with Gasteiger partial charge < -0.3 is 10.1 Å². The highest BCUT2D eigenvalue weighted by atomic mass is 32.1. The number of hydrogen-bond donors (Lipinski definition) is 1. The molecule has 0 aliphatic carbocycles. The van der Waals surface area contributed by atoms with Crippen LogP contribution in [0.2, 0.25) is 0 Å². The van der Waals surface area contributed by atoms with Crippen LogP contribution in [0, 0.1) is 19.8 Å². The van der Waals surface area contributed by atoms with Crippen LogP contribution in [-0.4, -0.2) is 24.2 Å². The van der Waals surface area contributed by atoms with Crippen LogP contribution in [0.5, 0.6) is 0 Å². The van der Waals surface area contributed by atoms with E-state index in [9.17, 15) is 0 Å². The molecule has 0 radical (unpaired) electrons. The Hall–Kier alpha value is -0.450. The Morgan fingerprint density at radius 1 is 1.35 bits per heavy atom. The zero-order chi connectivity index (χ0) is 12.8. The molecule has 0 saturated heterocycles. The van der Waals surface area contributed by atoms with Gasteiger partial charge in [0.15, 0.2) is 0 Å². The van der Waals surface area contributed by atoms with Crippen LogP contribution in [0.15, 0.2) is 0 Å². The SMILES string of the molecule is CCOCC(NCc1sc(C)nc1C)C(C)C. The maximum atomic E-state index is 5.51. The van der Waals surface area contributed by atoms with Gasteiger partial charge >= 0.3 is 0 Å². The Morgan fingerprint density at radius 2 is 2.06 bits per heavy atom. The monoisotopic (exact) mass is 256 g/mol. The predicted molar refractivity (Wildman–Crippen MR) is 73.5 cm³/mol. The highest BCUT2D eigenvalue weighted by Gasteiger charge is 2.14. The van der Waals surface area contributed by atoms with E-state index in [4.69, 9.17) is 4.74 Å². The van der Waals surface area contributed by atoms with Crippen molar-refractivity contribution >= 4 is 11.3 Å². The first-order valence-corrected chi connectivity index (χ1v) is 7.10. The smallest absolute Gasteiger partial charge is 0.0900 e. The van der Waals surface area contributed by atoms with Crippen LogP contribution in [0.3, 0.4) is 0 Å². The van der Waals surface area contributed by atoms with Crippen LogP contribution in [0.4, 0.5) is 0 Å². The van der Waals surface area contributed by atoms with Gasteiger partial charge in [0.1, 0.15) is 0 Å². The molecule has 3 nitrogen and oxygen atoms in total. The van der Waals surface area contributed by atoms with Gasteiger partial charge in [-0.1, -0.05) is 13.8 Å². The van der Waals surface area contributed by atoms with Gasteiger partial charge in [0.2, 0.25) is 0 Å². The lowest BCUT2D eigenvalue weighted by Gasteiger charge is -2.21. The molecule has 0 saturated carbocycles. The van der Waals surface area contributed by atoms with E-state index in [0.29, 0.717) is 12.0 Å². The Kier molecular flexibility index (Phi) is 6.09. The van der Waals surface area contributed by atoms with Gasteiger partial charge in [0.25, 0.3) is 0 Å². The number of ether oxygens (including phenoxy) is 1. The summed E-state index contributed by atoms with van der Waals surface area (Å²) >= 11 is 1.78. The first-order valence-electron chi connectivity index (χ1n) is 6.28. The lowest BCUT2D eigenvalue weighted by Crippen LogP contribution is -2.37. The van der Waals surface area contributed by atoms with Crippen LogP contribution in [0.1, 0.15) is 36.3 Å². The van der Waals surface area contributed by atoms with Crippen molar-refractivity contribution in [1.82, 2.24) is 10.3 Å². The molecule has 1 atom stereocenters. The van der Waals surface area contributed by atoms with E-state index in [1.54, 1.807) is 11.3 Å². The summed E-state index contributed by atoms with van der Waals surface area (Å²) in [7, 11) is 0. The maximum absolute atomic E-state index is 5.51. The molecule has 1 heterocycles. The van der Waals surface area contributed by atoms with Gasteiger partial charge in [0.05, 0.1) is 17.3 Å². The molecular formula is C13H24N2OS. The van der Waals surface area contributed by atoms with Gasteiger partial charge in [-0.15, -0.1) is 11.3 Å². The molecule has 1 unspecified atom stereocenters. The summed E-state index contributed by atoms with van der Waals surface area (Å²) in [4.78, 5) is 5.78. The zero-order valence-corrected chi connectivity index (χ0v) is 12.4. The number of nitrogens with one attached hydrogen (secondary N) is 1. The van der Waals surface area contributed by atoms with Crippen molar-refractivity contribution in [3.8, 4) is 0 Å². The number of nitrogens with zero attached hydrogens (tertiary/aromatic N) is 1. The summed E-state index contributed by atoms with van der Waals surface area (Å²) in [5, 5.41) is 4.71. The van der Waals surface area contributed by atoms with Gasteiger partial charge in [-0.05, 0) is 26.7 Å². The molecule has 4 heteroatoms. The van der Waals surface area contributed by atoms with Crippen molar-refractivity contribution in [2.24, 2.45) is 5.92 Å². The van der Waals surface area contributed by atoms with Crippen molar-refractivity contribution < 1.29 is 4.74 Å². The summed E-state index contributed by atoms with van der Waals surface area (Å²) in [5.74, 6) is 0.580. The highest BCUT2D eigenvalue weighted by molar-refractivity contribution is 7.11. The van der Waals surface area contributed by atoms with E-state index in [-0.39, 0.29) is 0 Å². The van der Waals surface area contributed by atoms with Gasteiger partial charge in [-0.3, -0.25) is 0 Å². The quantitative estimate of drug-likeness (QED) is 0.814. The standard InChI is InChI=1S/C13H24N2OS/c1-6-16-8-12(9(2)3)14-7-13-10(4)15-11(5)17-13/h9,12,14H,6-8H2,1-5H3. The van der Waals surface area contributed by atoms with Crippen LogP contribution < -0.4 is 5.32 Å². The largest absolute Gasteiger partial charge is 0.380 e. The minimum Gasteiger partial charge on any atom is -0.380 e. The summed E-state index contributed by atoms with van der Waals surface area (Å²) in [5.41, 5.74) is 1.15. The van der Waals surface area contributed by atoms with E-state index >= 15 is 0 Å². The number of aromatic nitrogens is 1. The first kappa shape index (κ1) is 14.6. The molecule has 1 N–H and O–H groups in total. The van der Waals surface area contributed by atoms with Gasteiger partial charge in [0, 0.05) is 24.1 Å². The Morgan fingerprint density at radius 3 is 2.53 bits per heavy atom. The third kappa shape index (κ3) is 4.74. The van der Waals surface area contributed by atoms with Gasteiger partial charge in [-0.2, -0.15) is 0 Å². The fourth-order valence-corrected chi connectivity index (χ4v) is 2.58. The molecule has 0 aromatic carbocycles. The van der Waals surface area contributed by atoms with Crippen LogP contribution >= 0.6 is 11.3 Å². The van der Waals surface area contributed by atoms with Crippen molar-refractivity contribution in [2.75, 3.05) is 13.2 Å². The summed E-state index contributed by atoms with van der Waals surface area (Å²) < 4.78 is 5.51. The van der Waals surface area contributed by atoms with Crippen molar-refractivity contribution in [3.05, 3.63) is 15.6 Å². The molecule has 1 aromatic heterocycles. The van der Waals surface area contributed by atoms with Crippen LogP contribution in [0.25, 0.3) is 0 Å². The molecule has 1 rings (SSSR count). The van der Waals surface area contributed by atoms with Crippen LogP contribution in [-0.2, 0) is 11.3 Å². The number of rotatable bonds is 7. The number of aryl methyl sites for hydroxylation is 2. The van der Waals surface area contributed by atoms with Crippen molar-refractivity contribution in [3.63, 3.8) is 0 Å². The minimum atomic E-state index is 0.414. The number of thiazole rings is 1. The molecule has 0 aliphatic rings. The molecular weight excluding hydrogens is 232 g/mol. The third-order valence-corrected chi connectivity index (χ3v) is 3.90. The molecule has 0 bridgehead atoms. The lowest BCUT2D eigenvalue weighted by atomic mass is 10.1. The van der Waals surface area contributed by atoms with Crippen molar-refractivity contribution in [2.45, 2.75) is 47.2 Å². The molecule has 0 fully saturated rings. The Balaban J connectivity index is 2.48. The van der Waals surface area contributed by atoms with E-state index in [1.807, 2.05) is 6.92 Å². The topological polar surface area (TPSA) is 34.1 Å². The van der Waals surface area contributed by atoms with E-state index in [1.165, 1.54) is 4.88 Å². The second-order valence-electron chi connectivity index (χ2n) is 4.63. The van der Waals surface area contributed by atoms with E-state index in [0.717, 1.165) is 30.5 Å². The normalized spacial score (nSPS) is 13.3. The summed E-state index contributed by atoms with van der Waals surface area (Å²) in [6, 6.07) is 0.414. The lowest BCUT2D eigenvalue weighted by molar-refractivity contribution is 0.108. The average molecular weight is 256 g/mol. The zero-order valence-electron chi connectivity index (χ0n) is 11.5. The Bertz CT molecular complexity index is 336.